The number of aromatic nitrogens is 3. The summed E-state index contributed by atoms with van der Waals surface area (Å²) < 4.78 is 6.96. The molecule has 0 radical (unpaired) electrons. The van der Waals surface area contributed by atoms with Crippen molar-refractivity contribution in [3.63, 3.8) is 0 Å². The van der Waals surface area contributed by atoms with Crippen LogP contribution in [0.25, 0.3) is 115 Å². The van der Waals surface area contributed by atoms with Gasteiger partial charge in [-0.1, -0.05) is 192 Å². The zero-order valence-electron chi connectivity index (χ0n) is 46.4. The van der Waals surface area contributed by atoms with Crippen LogP contribution in [0.4, 0.5) is 0 Å². The van der Waals surface area contributed by atoms with Crippen molar-refractivity contribution in [2.24, 2.45) is 0 Å². The topological polar surface area (TPSA) is 48.4 Å². The molecule has 0 N–H and O–H groups in total. The van der Waals surface area contributed by atoms with E-state index < -0.39 is 0 Å². The summed E-state index contributed by atoms with van der Waals surface area (Å²) >= 11 is 0. The van der Waals surface area contributed by atoms with E-state index in [1.807, 2.05) is 0 Å². The van der Waals surface area contributed by atoms with Crippen molar-refractivity contribution in [1.29, 1.82) is 0 Å². The van der Waals surface area contributed by atoms with Crippen LogP contribution in [-0.4, -0.2) is 13.5 Å². The summed E-state index contributed by atoms with van der Waals surface area (Å²) in [5.74, 6) is 0. The minimum atomic E-state index is -0.194. The first-order valence-electron chi connectivity index (χ1n) is 27.2. The van der Waals surface area contributed by atoms with Crippen LogP contribution in [0.15, 0.2) is 186 Å². The normalized spacial score (nSPS) is 13.0. The lowest BCUT2D eigenvalue weighted by Crippen LogP contribution is -2.18. The first-order valence-corrected chi connectivity index (χ1v) is 27.2. The molecule has 5 heteroatoms. The molecule has 0 aliphatic carbocycles. The minimum Gasteiger partial charge on any atom is -0.308 e. The fourth-order valence-corrected chi connectivity index (χ4v) is 12.2. The number of hydrogen-bond donors (Lipinski definition) is 0. The summed E-state index contributed by atoms with van der Waals surface area (Å²) in [6.07, 6.45) is 0. The number of nitrogens with zero attached hydrogens (tertiary/aromatic N) is 3. The molecule has 0 spiro atoms. The van der Waals surface area contributed by atoms with Crippen molar-refractivity contribution < 1.29 is 0 Å². The van der Waals surface area contributed by atoms with Crippen LogP contribution in [0.2, 0.25) is 0 Å². The molecule has 13 aromatic rings. The van der Waals surface area contributed by atoms with E-state index in [2.05, 4.69) is 273 Å². The quantitative estimate of drug-likeness (QED) is 0.130. The fourth-order valence-electron chi connectivity index (χ4n) is 12.2. The Bertz CT molecular complexity index is 4530. The van der Waals surface area contributed by atoms with Gasteiger partial charge in [0.1, 0.15) is 0 Å². The lowest BCUT2D eigenvalue weighted by Gasteiger charge is -2.22. The second-order valence-electron chi connectivity index (χ2n) is 25.8. The highest BCUT2D eigenvalue weighted by atomic mass is 16.1. The second-order valence-corrected chi connectivity index (χ2v) is 25.8. The Balaban J connectivity index is 1.17. The van der Waals surface area contributed by atoms with Crippen LogP contribution < -0.4 is 10.9 Å². The molecular formula is C72H65N3O2. The van der Waals surface area contributed by atoms with Gasteiger partial charge in [-0.25, -0.2) is 0 Å². The van der Waals surface area contributed by atoms with Gasteiger partial charge in [-0.15, -0.1) is 0 Å². The summed E-state index contributed by atoms with van der Waals surface area (Å²) in [4.78, 5) is 31.1. The number of rotatable bonds is 4. The maximum Gasteiger partial charge on any atom is 0.197 e. The Hall–Kier alpha value is -8.28. The molecule has 4 heterocycles. The molecule has 4 aromatic heterocycles. The average Bonchev–Trinajstić information content (AvgIpc) is 3.99. The largest absolute Gasteiger partial charge is 0.308 e. The van der Waals surface area contributed by atoms with Crippen LogP contribution >= 0.6 is 0 Å². The molecule has 13 rings (SSSR count). The number of hydrogen-bond acceptors (Lipinski definition) is 2. The SMILES string of the molecule is CC(C)(C)c1ccc(-c2cc(-c3ccc(C(C)(C)C)cc3)cc(-n3c4ccccc4c4ccc5c6ccccc6n(-c6cc7c(=O)c8cc(C(C)(C)C)ccc8n8c9ccc(C(C)(C)C)cc9c(=O)c(c6)c78)c5c43)c2)cc1. The molecule has 0 unspecified atom stereocenters. The van der Waals surface area contributed by atoms with Gasteiger partial charge in [-0.05, 0) is 133 Å². The molecule has 5 nitrogen and oxygen atoms in total. The van der Waals surface area contributed by atoms with Gasteiger partial charge in [0.05, 0.1) is 38.6 Å². The Morgan fingerprint density at radius 1 is 0.273 bits per heavy atom. The molecule has 0 saturated carbocycles. The lowest BCUT2D eigenvalue weighted by molar-refractivity contribution is 0.590. The molecule has 0 bridgehead atoms. The molecule has 0 atom stereocenters. The van der Waals surface area contributed by atoms with Gasteiger partial charge < -0.3 is 13.5 Å². The van der Waals surface area contributed by atoms with Gasteiger partial charge in [0, 0.05) is 54.5 Å². The third-order valence-electron chi connectivity index (χ3n) is 16.6. The van der Waals surface area contributed by atoms with Gasteiger partial charge in [0.2, 0.25) is 0 Å². The fraction of sp³-hybridized carbons (Fsp3) is 0.222. The van der Waals surface area contributed by atoms with E-state index >= 15 is 9.59 Å². The highest BCUT2D eigenvalue weighted by molar-refractivity contribution is 6.24. The van der Waals surface area contributed by atoms with Crippen molar-refractivity contribution in [2.75, 3.05) is 0 Å². The third kappa shape index (κ3) is 7.56. The van der Waals surface area contributed by atoms with Gasteiger partial charge in [-0.3, -0.25) is 9.59 Å². The van der Waals surface area contributed by atoms with Crippen molar-refractivity contribution in [1.82, 2.24) is 13.5 Å². The minimum absolute atomic E-state index is 0.0173. The molecule has 0 aliphatic rings. The van der Waals surface area contributed by atoms with Crippen LogP contribution in [0.5, 0.6) is 0 Å². The predicted octanol–water partition coefficient (Wildman–Crippen LogP) is 18.3. The van der Waals surface area contributed by atoms with Gasteiger partial charge in [-0.2, -0.15) is 0 Å². The second kappa shape index (κ2) is 16.6. The van der Waals surface area contributed by atoms with E-state index in [4.69, 9.17) is 0 Å². The van der Waals surface area contributed by atoms with E-state index in [1.165, 1.54) is 11.1 Å². The standard InChI is InChI=1S/C72H65N3O2/c1-69(2,3)46-25-21-42(22-26-46)44-35-45(43-23-27-47(28-24-43)70(4,5)6)37-50(36-44)73-60-19-15-13-17-52(60)54-31-32-55-53-18-14-16-20-61(53)74(66(55)65(54)73)51-40-58-64-59(41-51)68(77)57-39-49(72(10,11)12)30-34-63(57)75(64)62-33-29-48(71(7,8)9)38-56(62)67(58)76/h13-41H,1-12H3. The highest BCUT2D eigenvalue weighted by Gasteiger charge is 2.27. The Morgan fingerprint density at radius 3 is 1.03 bits per heavy atom. The highest BCUT2D eigenvalue weighted by Crippen LogP contribution is 2.44. The first-order chi connectivity index (χ1) is 36.5. The van der Waals surface area contributed by atoms with Crippen molar-refractivity contribution in [2.45, 2.75) is 105 Å². The van der Waals surface area contributed by atoms with Crippen LogP contribution in [0.3, 0.4) is 0 Å². The summed E-state index contributed by atoms with van der Waals surface area (Å²) in [5.41, 5.74) is 16.9. The molecule has 0 fully saturated rings. The Morgan fingerprint density at radius 2 is 0.636 bits per heavy atom. The van der Waals surface area contributed by atoms with E-state index in [1.54, 1.807) is 0 Å². The summed E-state index contributed by atoms with van der Waals surface area (Å²) in [6.45, 7) is 26.7. The number of fused-ring (bicyclic) bond motifs is 11. The van der Waals surface area contributed by atoms with Crippen molar-refractivity contribution in [3.8, 4) is 33.6 Å². The maximum absolute atomic E-state index is 15.5. The van der Waals surface area contributed by atoms with Gasteiger partial charge >= 0.3 is 0 Å². The van der Waals surface area contributed by atoms with Crippen molar-refractivity contribution in [3.05, 3.63) is 219 Å². The number of pyridine rings is 2. The Labute approximate surface area is 450 Å². The molecular weight excluding hydrogens is 939 g/mol. The maximum atomic E-state index is 15.5. The van der Waals surface area contributed by atoms with E-state index in [9.17, 15) is 0 Å². The number of para-hydroxylation sites is 2. The third-order valence-corrected chi connectivity index (χ3v) is 16.6. The zero-order valence-corrected chi connectivity index (χ0v) is 46.4. The van der Waals surface area contributed by atoms with Crippen molar-refractivity contribution >= 4 is 81.7 Å². The predicted molar refractivity (Wildman–Crippen MR) is 328 cm³/mol. The first kappa shape index (κ1) is 48.4. The van der Waals surface area contributed by atoms with Gasteiger partial charge in [0.15, 0.2) is 10.9 Å². The van der Waals surface area contributed by atoms with Crippen LogP contribution in [-0.2, 0) is 21.7 Å². The molecule has 77 heavy (non-hydrogen) atoms. The lowest BCUT2D eigenvalue weighted by atomic mass is 9.85. The van der Waals surface area contributed by atoms with E-state index in [0.29, 0.717) is 27.1 Å². The summed E-state index contributed by atoms with van der Waals surface area (Å²) in [6, 6.07) is 63.7. The monoisotopic (exact) mass is 1000 g/mol. The summed E-state index contributed by atoms with van der Waals surface area (Å²) in [7, 11) is 0. The summed E-state index contributed by atoms with van der Waals surface area (Å²) in [5, 5.41) is 6.70. The smallest absolute Gasteiger partial charge is 0.197 e. The molecule has 0 amide bonds. The van der Waals surface area contributed by atoms with Crippen LogP contribution in [0, 0.1) is 0 Å². The van der Waals surface area contributed by atoms with Crippen LogP contribution in [0.1, 0.15) is 105 Å². The zero-order chi connectivity index (χ0) is 53.8. The molecule has 9 aromatic carbocycles. The molecule has 380 valence electrons. The number of benzene rings is 9. The van der Waals surface area contributed by atoms with Gasteiger partial charge in [0.25, 0.3) is 0 Å². The van der Waals surface area contributed by atoms with E-state index in [-0.39, 0.29) is 32.5 Å². The average molecular weight is 1000 g/mol. The Kier molecular flexibility index (Phi) is 10.4. The molecule has 0 saturated heterocycles. The van der Waals surface area contributed by atoms with E-state index in [0.717, 1.165) is 99.4 Å². The molecule has 0 aliphatic heterocycles.